The fourth-order valence-electron chi connectivity index (χ4n) is 2.60. The number of ether oxygens (including phenoxy) is 1. The molecule has 1 heterocycles. The highest BCUT2D eigenvalue weighted by Crippen LogP contribution is 2.35. The molecule has 134 valence electrons. The molecule has 1 unspecified atom stereocenters. The summed E-state index contributed by atoms with van der Waals surface area (Å²) < 4.78 is 6.05. The van der Waals surface area contributed by atoms with Gasteiger partial charge in [0.2, 0.25) is 0 Å². The highest BCUT2D eigenvalue weighted by atomic mass is 35.5. The molecule has 3 rings (SSSR count). The van der Waals surface area contributed by atoms with Crippen LogP contribution in [-0.2, 0) is 0 Å². The van der Waals surface area contributed by atoms with Crippen molar-refractivity contribution < 1.29 is 4.74 Å². The molecule has 0 aliphatic carbocycles. The summed E-state index contributed by atoms with van der Waals surface area (Å²) in [5, 5.41) is 0.940. The van der Waals surface area contributed by atoms with Crippen LogP contribution in [0.3, 0.4) is 0 Å². The second kappa shape index (κ2) is 8.04. The number of aromatic nitrogens is 2. The number of nitrogens with two attached hydrogens (primary N) is 1. The summed E-state index contributed by atoms with van der Waals surface area (Å²) in [4.78, 5) is 8.64. The van der Waals surface area contributed by atoms with Crippen molar-refractivity contribution in [2.24, 2.45) is 5.73 Å². The monoisotopic (exact) mass is 387 g/mol. The smallest absolute Gasteiger partial charge is 0.130 e. The normalized spacial score (nSPS) is 12.0. The first-order chi connectivity index (χ1) is 12.5. The summed E-state index contributed by atoms with van der Waals surface area (Å²) >= 11 is 12.1. The molecule has 0 fully saturated rings. The molecule has 0 radical (unpaired) electrons. The van der Waals surface area contributed by atoms with Gasteiger partial charge in [-0.3, -0.25) is 0 Å². The second-order valence-electron chi connectivity index (χ2n) is 6.06. The van der Waals surface area contributed by atoms with Crippen LogP contribution in [0.1, 0.15) is 24.2 Å². The van der Waals surface area contributed by atoms with Gasteiger partial charge in [-0.2, -0.15) is 0 Å². The van der Waals surface area contributed by atoms with Crippen molar-refractivity contribution >= 4 is 23.2 Å². The molecular formula is C20H19Cl2N3O. The number of rotatable bonds is 5. The Morgan fingerprint density at radius 2 is 1.88 bits per heavy atom. The summed E-state index contributed by atoms with van der Waals surface area (Å²) in [7, 11) is 0. The molecule has 1 atom stereocenters. The molecule has 0 aliphatic rings. The highest BCUT2D eigenvalue weighted by Gasteiger charge is 2.14. The average molecular weight is 388 g/mol. The summed E-state index contributed by atoms with van der Waals surface area (Å²) in [6.45, 7) is 4.44. The van der Waals surface area contributed by atoms with Crippen LogP contribution in [0.15, 0.2) is 48.7 Å². The standard InChI is InChI=1S/C20H19Cl2N3O/c1-12(11-23)16-9-14(19-7-8-24-13(2)25-19)3-6-20(16)26-15-4-5-17(21)18(22)10-15/h3-10,12H,11,23H2,1-2H3. The molecule has 26 heavy (non-hydrogen) atoms. The quantitative estimate of drug-likeness (QED) is 0.617. The Bertz CT molecular complexity index is 931. The number of benzene rings is 2. The van der Waals surface area contributed by atoms with Gasteiger partial charge >= 0.3 is 0 Å². The van der Waals surface area contributed by atoms with E-state index < -0.39 is 0 Å². The maximum atomic E-state index is 6.08. The van der Waals surface area contributed by atoms with Crippen LogP contribution in [0.2, 0.25) is 10.0 Å². The lowest BCUT2D eigenvalue weighted by Gasteiger charge is -2.17. The Balaban J connectivity index is 2.00. The van der Waals surface area contributed by atoms with E-state index in [1.165, 1.54) is 0 Å². The van der Waals surface area contributed by atoms with Crippen molar-refractivity contribution in [1.29, 1.82) is 0 Å². The van der Waals surface area contributed by atoms with Crippen molar-refractivity contribution in [2.45, 2.75) is 19.8 Å². The van der Waals surface area contributed by atoms with Crippen LogP contribution in [0, 0.1) is 6.92 Å². The van der Waals surface area contributed by atoms with Gasteiger partial charge in [-0.15, -0.1) is 0 Å². The summed E-state index contributed by atoms with van der Waals surface area (Å²) in [6, 6.07) is 13.0. The van der Waals surface area contributed by atoms with Gasteiger partial charge in [0, 0.05) is 17.8 Å². The summed E-state index contributed by atoms with van der Waals surface area (Å²) in [5.74, 6) is 2.20. The van der Waals surface area contributed by atoms with Crippen LogP contribution < -0.4 is 10.5 Å². The van der Waals surface area contributed by atoms with Crippen LogP contribution in [-0.4, -0.2) is 16.5 Å². The van der Waals surface area contributed by atoms with Crippen LogP contribution in [0.5, 0.6) is 11.5 Å². The number of aryl methyl sites for hydroxylation is 1. The Kier molecular flexibility index (Phi) is 5.77. The largest absolute Gasteiger partial charge is 0.457 e. The minimum atomic E-state index is 0.121. The molecule has 0 saturated heterocycles. The maximum absolute atomic E-state index is 6.08. The van der Waals surface area contributed by atoms with E-state index >= 15 is 0 Å². The number of nitrogens with zero attached hydrogens (tertiary/aromatic N) is 2. The minimum absolute atomic E-state index is 0.121. The van der Waals surface area contributed by atoms with Crippen LogP contribution in [0.25, 0.3) is 11.3 Å². The molecule has 6 heteroatoms. The van der Waals surface area contributed by atoms with E-state index in [2.05, 4.69) is 23.0 Å². The first-order valence-electron chi connectivity index (χ1n) is 8.25. The highest BCUT2D eigenvalue weighted by molar-refractivity contribution is 6.42. The third-order valence-electron chi connectivity index (χ3n) is 4.08. The average Bonchev–Trinajstić information content (AvgIpc) is 2.64. The van der Waals surface area contributed by atoms with Crippen molar-refractivity contribution in [3.8, 4) is 22.8 Å². The fraction of sp³-hybridized carbons (Fsp3) is 0.200. The number of hydrogen-bond acceptors (Lipinski definition) is 4. The van der Waals surface area contributed by atoms with Crippen molar-refractivity contribution in [3.05, 3.63) is 70.1 Å². The van der Waals surface area contributed by atoms with E-state index in [9.17, 15) is 0 Å². The van der Waals surface area contributed by atoms with Gasteiger partial charge in [-0.05, 0) is 61.3 Å². The molecule has 4 nitrogen and oxygen atoms in total. The second-order valence-corrected chi connectivity index (χ2v) is 6.87. The van der Waals surface area contributed by atoms with Gasteiger partial charge in [0.1, 0.15) is 17.3 Å². The van der Waals surface area contributed by atoms with Crippen molar-refractivity contribution in [1.82, 2.24) is 9.97 Å². The zero-order valence-corrected chi connectivity index (χ0v) is 16.1. The molecule has 0 amide bonds. The van der Waals surface area contributed by atoms with Gasteiger partial charge in [0.25, 0.3) is 0 Å². The van der Waals surface area contributed by atoms with E-state index in [1.807, 2.05) is 25.1 Å². The van der Waals surface area contributed by atoms with Crippen LogP contribution >= 0.6 is 23.2 Å². The van der Waals surface area contributed by atoms with E-state index in [4.69, 9.17) is 33.7 Å². The predicted molar refractivity (Wildman–Crippen MR) is 106 cm³/mol. The maximum Gasteiger partial charge on any atom is 0.130 e. The lowest BCUT2D eigenvalue weighted by molar-refractivity contribution is 0.472. The summed E-state index contributed by atoms with van der Waals surface area (Å²) in [5.41, 5.74) is 8.77. The Hall–Kier alpha value is -2.14. The fourth-order valence-corrected chi connectivity index (χ4v) is 2.89. The first-order valence-corrected chi connectivity index (χ1v) is 9.00. The zero-order valence-electron chi connectivity index (χ0n) is 14.5. The molecular weight excluding hydrogens is 369 g/mol. The van der Waals surface area contributed by atoms with E-state index in [1.54, 1.807) is 24.4 Å². The minimum Gasteiger partial charge on any atom is -0.457 e. The molecule has 0 aliphatic heterocycles. The molecule has 2 aromatic carbocycles. The predicted octanol–water partition coefficient (Wildman–Crippen LogP) is 5.61. The SMILES string of the molecule is Cc1nccc(-c2ccc(Oc3ccc(Cl)c(Cl)c3)c(C(C)CN)c2)n1. The number of halogens is 2. The lowest BCUT2D eigenvalue weighted by atomic mass is 9.97. The van der Waals surface area contributed by atoms with E-state index in [-0.39, 0.29) is 5.92 Å². The van der Waals surface area contributed by atoms with Gasteiger partial charge in [-0.25, -0.2) is 9.97 Å². The lowest BCUT2D eigenvalue weighted by Crippen LogP contribution is -2.10. The third-order valence-corrected chi connectivity index (χ3v) is 4.82. The third kappa shape index (κ3) is 4.15. The molecule has 0 spiro atoms. The molecule has 1 aromatic heterocycles. The number of hydrogen-bond donors (Lipinski definition) is 1. The molecule has 3 aromatic rings. The first kappa shape index (κ1) is 18.6. The molecule has 2 N–H and O–H groups in total. The van der Waals surface area contributed by atoms with Crippen molar-refractivity contribution in [2.75, 3.05) is 6.54 Å². The van der Waals surface area contributed by atoms with Crippen LogP contribution in [0.4, 0.5) is 0 Å². The Morgan fingerprint density at radius 1 is 1.08 bits per heavy atom. The van der Waals surface area contributed by atoms with Gasteiger partial charge in [0.15, 0.2) is 0 Å². The van der Waals surface area contributed by atoms with Gasteiger partial charge in [-0.1, -0.05) is 30.1 Å². The topological polar surface area (TPSA) is 61.0 Å². The van der Waals surface area contributed by atoms with Crippen molar-refractivity contribution in [3.63, 3.8) is 0 Å². The van der Waals surface area contributed by atoms with E-state index in [0.29, 0.717) is 22.3 Å². The molecule has 0 bridgehead atoms. The van der Waals surface area contributed by atoms with Gasteiger partial charge in [0.05, 0.1) is 15.7 Å². The van der Waals surface area contributed by atoms with E-state index in [0.717, 1.165) is 28.4 Å². The Labute approximate surface area is 163 Å². The zero-order chi connectivity index (χ0) is 18.7. The molecule has 0 saturated carbocycles. The van der Waals surface area contributed by atoms with Gasteiger partial charge < -0.3 is 10.5 Å². The Morgan fingerprint density at radius 3 is 2.58 bits per heavy atom. The summed E-state index contributed by atoms with van der Waals surface area (Å²) in [6.07, 6.45) is 1.75.